The maximum atomic E-state index is 13.4. The second kappa shape index (κ2) is 7.89. The Bertz CT molecular complexity index is 1020. The summed E-state index contributed by atoms with van der Waals surface area (Å²) in [4.78, 5) is 14.6. The first-order chi connectivity index (χ1) is 13.5. The SMILES string of the molecule is [B]c1cnn2c1-c1cc(C(=O)NC(CN)Cc3cccc(F)c3)sc1CCC2. The molecule has 1 unspecified atom stereocenters. The zero-order valence-corrected chi connectivity index (χ0v) is 16.1. The van der Waals surface area contributed by atoms with Gasteiger partial charge in [-0.2, -0.15) is 5.10 Å². The number of halogens is 1. The van der Waals surface area contributed by atoms with Gasteiger partial charge in [-0.05, 0) is 43.0 Å². The minimum absolute atomic E-state index is 0.172. The van der Waals surface area contributed by atoms with Crippen LogP contribution in [0.15, 0.2) is 36.5 Å². The lowest BCUT2D eigenvalue weighted by molar-refractivity contribution is 0.0942. The van der Waals surface area contributed by atoms with Crippen molar-refractivity contribution in [3.8, 4) is 11.3 Å². The summed E-state index contributed by atoms with van der Waals surface area (Å²) in [5.74, 6) is -0.467. The summed E-state index contributed by atoms with van der Waals surface area (Å²) in [7, 11) is 6.10. The molecule has 3 N–H and O–H groups in total. The first-order valence-electron chi connectivity index (χ1n) is 9.25. The van der Waals surface area contributed by atoms with E-state index in [4.69, 9.17) is 13.6 Å². The van der Waals surface area contributed by atoms with Gasteiger partial charge in [-0.1, -0.05) is 17.6 Å². The highest BCUT2D eigenvalue weighted by molar-refractivity contribution is 7.14. The van der Waals surface area contributed by atoms with Gasteiger partial charge in [0, 0.05) is 35.8 Å². The molecule has 1 aliphatic heterocycles. The molecule has 4 rings (SSSR count). The Morgan fingerprint density at radius 2 is 2.29 bits per heavy atom. The molecule has 28 heavy (non-hydrogen) atoms. The second-order valence-corrected chi connectivity index (χ2v) is 8.10. The van der Waals surface area contributed by atoms with Gasteiger partial charge in [-0.25, -0.2) is 4.39 Å². The van der Waals surface area contributed by atoms with E-state index in [1.165, 1.54) is 23.5 Å². The summed E-state index contributed by atoms with van der Waals surface area (Å²) in [6.45, 7) is 1.09. The molecule has 0 bridgehead atoms. The predicted octanol–water partition coefficient (Wildman–Crippen LogP) is 1.79. The van der Waals surface area contributed by atoms with Gasteiger partial charge >= 0.3 is 0 Å². The number of carbonyl (C=O) groups excluding carboxylic acids is 1. The molecular weight excluding hydrogens is 374 g/mol. The third kappa shape index (κ3) is 3.75. The fourth-order valence-electron chi connectivity index (χ4n) is 3.58. The molecule has 3 aromatic rings. The number of thiophene rings is 1. The molecule has 2 aromatic heterocycles. The number of benzene rings is 1. The van der Waals surface area contributed by atoms with E-state index in [-0.39, 0.29) is 24.3 Å². The van der Waals surface area contributed by atoms with Crippen LogP contribution in [-0.4, -0.2) is 36.1 Å². The zero-order chi connectivity index (χ0) is 19.7. The molecule has 0 fully saturated rings. The normalized spacial score (nSPS) is 14.1. The summed E-state index contributed by atoms with van der Waals surface area (Å²) in [5, 5.41) is 7.31. The number of aromatic nitrogens is 2. The van der Waals surface area contributed by atoms with Gasteiger partial charge in [0.25, 0.3) is 5.91 Å². The Balaban J connectivity index is 1.54. The van der Waals surface area contributed by atoms with Crippen molar-refractivity contribution in [3.05, 3.63) is 57.7 Å². The fourth-order valence-corrected chi connectivity index (χ4v) is 4.68. The number of hydrogen-bond acceptors (Lipinski definition) is 4. The summed E-state index contributed by atoms with van der Waals surface area (Å²) >= 11 is 1.48. The number of aryl methyl sites for hydroxylation is 2. The number of fused-ring (bicyclic) bond motifs is 3. The van der Waals surface area contributed by atoms with Gasteiger partial charge in [0.1, 0.15) is 13.7 Å². The molecule has 0 saturated heterocycles. The van der Waals surface area contributed by atoms with Gasteiger partial charge in [0.15, 0.2) is 0 Å². The van der Waals surface area contributed by atoms with E-state index < -0.39 is 0 Å². The number of nitrogens with two attached hydrogens (primary N) is 1. The molecule has 1 atom stereocenters. The van der Waals surface area contributed by atoms with Crippen molar-refractivity contribution in [1.82, 2.24) is 15.1 Å². The summed E-state index contributed by atoms with van der Waals surface area (Å²) in [5.41, 5.74) is 9.13. The van der Waals surface area contributed by atoms with Crippen LogP contribution < -0.4 is 16.5 Å². The molecule has 0 saturated carbocycles. The van der Waals surface area contributed by atoms with Crippen molar-refractivity contribution in [2.45, 2.75) is 31.8 Å². The first-order valence-corrected chi connectivity index (χ1v) is 10.1. The maximum Gasteiger partial charge on any atom is 0.261 e. The Kier molecular flexibility index (Phi) is 5.32. The summed E-state index contributed by atoms with van der Waals surface area (Å²) in [6.07, 6.45) is 3.98. The van der Waals surface area contributed by atoms with Gasteiger partial charge in [-0.3, -0.25) is 9.48 Å². The van der Waals surface area contributed by atoms with Gasteiger partial charge in [0.05, 0.1) is 10.6 Å². The highest BCUT2D eigenvalue weighted by atomic mass is 32.1. The molecule has 1 amide bonds. The van der Waals surface area contributed by atoms with E-state index in [0.717, 1.165) is 41.1 Å². The molecule has 1 aromatic carbocycles. The van der Waals surface area contributed by atoms with Crippen molar-refractivity contribution >= 4 is 30.6 Å². The van der Waals surface area contributed by atoms with Crippen molar-refractivity contribution < 1.29 is 9.18 Å². The predicted molar refractivity (Wildman–Crippen MR) is 110 cm³/mol. The van der Waals surface area contributed by atoms with Crippen LogP contribution >= 0.6 is 11.3 Å². The number of rotatable bonds is 5. The Hall–Kier alpha value is -2.45. The Morgan fingerprint density at radius 3 is 3.07 bits per heavy atom. The highest BCUT2D eigenvalue weighted by Gasteiger charge is 2.23. The first kappa shape index (κ1) is 18.9. The van der Waals surface area contributed by atoms with Crippen molar-refractivity contribution in [2.24, 2.45) is 5.73 Å². The van der Waals surface area contributed by atoms with E-state index in [1.54, 1.807) is 12.3 Å². The van der Waals surface area contributed by atoms with Crippen LogP contribution in [0, 0.1) is 5.82 Å². The largest absolute Gasteiger partial charge is 0.347 e. The summed E-state index contributed by atoms with van der Waals surface area (Å²) in [6, 6.07) is 7.96. The van der Waals surface area contributed by atoms with Crippen LogP contribution in [0.25, 0.3) is 11.3 Å². The molecule has 0 spiro atoms. The maximum absolute atomic E-state index is 13.4. The van der Waals surface area contributed by atoms with Crippen molar-refractivity contribution in [3.63, 3.8) is 0 Å². The Labute approximate surface area is 168 Å². The summed E-state index contributed by atoms with van der Waals surface area (Å²) < 4.78 is 15.3. The Morgan fingerprint density at radius 1 is 1.43 bits per heavy atom. The van der Waals surface area contributed by atoms with Crippen LogP contribution in [0.2, 0.25) is 0 Å². The minimum Gasteiger partial charge on any atom is -0.347 e. The number of nitrogens with one attached hydrogen (secondary N) is 1. The molecule has 142 valence electrons. The van der Waals surface area contributed by atoms with Gasteiger partial charge < -0.3 is 11.1 Å². The third-order valence-corrected chi connectivity index (χ3v) is 6.11. The van der Waals surface area contributed by atoms with Gasteiger partial charge in [-0.15, -0.1) is 11.3 Å². The topological polar surface area (TPSA) is 72.9 Å². The van der Waals surface area contributed by atoms with Crippen molar-refractivity contribution in [2.75, 3.05) is 6.54 Å². The average Bonchev–Trinajstić information content (AvgIpc) is 3.20. The lowest BCUT2D eigenvalue weighted by atomic mass is 9.93. The number of nitrogens with zero attached hydrogens (tertiary/aromatic N) is 2. The van der Waals surface area contributed by atoms with Crippen LogP contribution in [0.1, 0.15) is 26.5 Å². The standard InChI is InChI=1S/C20H20BFN4OS/c21-16-11-24-26-6-2-5-17-15(19(16)26)9-18(28-17)20(27)25-14(10-23)8-12-3-1-4-13(22)7-12/h1,3-4,7,9,11,14H,2,5-6,8,10,23H2,(H,25,27). The van der Waals surface area contributed by atoms with Crippen LogP contribution in [-0.2, 0) is 19.4 Å². The van der Waals surface area contributed by atoms with Crippen LogP contribution in [0.3, 0.4) is 0 Å². The van der Waals surface area contributed by atoms with E-state index in [2.05, 4.69) is 10.4 Å². The lowest BCUT2D eigenvalue weighted by Crippen LogP contribution is -2.41. The van der Waals surface area contributed by atoms with Gasteiger partial charge in [0.2, 0.25) is 0 Å². The quantitative estimate of drug-likeness (QED) is 0.649. The van der Waals surface area contributed by atoms with E-state index in [9.17, 15) is 9.18 Å². The number of hydrogen-bond donors (Lipinski definition) is 2. The van der Waals surface area contributed by atoms with Crippen molar-refractivity contribution in [1.29, 1.82) is 0 Å². The molecule has 1 aliphatic rings. The minimum atomic E-state index is -0.296. The van der Waals surface area contributed by atoms with E-state index in [1.807, 2.05) is 16.8 Å². The second-order valence-electron chi connectivity index (χ2n) is 6.96. The molecule has 3 heterocycles. The molecular formula is C20H20BFN4OS. The average molecular weight is 394 g/mol. The molecule has 2 radical (unpaired) electrons. The molecule has 8 heteroatoms. The van der Waals surface area contributed by atoms with Crippen LogP contribution in [0.5, 0.6) is 0 Å². The zero-order valence-electron chi connectivity index (χ0n) is 15.3. The lowest BCUT2D eigenvalue weighted by Gasteiger charge is -2.16. The van der Waals surface area contributed by atoms with Crippen LogP contribution in [0.4, 0.5) is 4.39 Å². The van der Waals surface area contributed by atoms with E-state index in [0.29, 0.717) is 16.8 Å². The van der Waals surface area contributed by atoms with E-state index >= 15 is 0 Å². The smallest absolute Gasteiger partial charge is 0.261 e. The monoisotopic (exact) mass is 394 g/mol. The number of carbonyl (C=O) groups is 1. The third-order valence-electron chi connectivity index (χ3n) is 4.92. The fraction of sp³-hybridized carbons (Fsp3) is 0.300. The molecule has 0 aliphatic carbocycles. The highest BCUT2D eigenvalue weighted by Crippen LogP contribution is 2.34. The number of amides is 1. The molecule has 5 nitrogen and oxygen atoms in total.